The highest BCUT2D eigenvalue weighted by Crippen LogP contribution is 2.30. The zero-order valence-electron chi connectivity index (χ0n) is 15.1. The summed E-state index contributed by atoms with van der Waals surface area (Å²) in [7, 11) is 0. The van der Waals surface area contributed by atoms with Crippen LogP contribution in [0, 0.1) is 0 Å². The second-order valence-corrected chi connectivity index (χ2v) is 6.85. The maximum atomic E-state index is 13.1. The molecule has 2 aliphatic heterocycles. The van der Waals surface area contributed by atoms with Crippen molar-refractivity contribution in [2.75, 3.05) is 18.1 Å². The van der Waals surface area contributed by atoms with Crippen molar-refractivity contribution in [3.63, 3.8) is 0 Å². The number of carbonyl (C=O) groups is 1. The van der Waals surface area contributed by atoms with E-state index in [1.807, 2.05) is 36.1 Å². The van der Waals surface area contributed by atoms with Gasteiger partial charge in [0.1, 0.15) is 11.8 Å². The number of hydrazine groups is 1. The number of hydrogen-bond donors (Lipinski definition) is 2. The number of carbonyl (C=O) groups excluding carboxylic acids is 1. The number of ether oxygens (including phenoxy) is 1. The van der Waals surface area contributed by atoms with Gasteiger partial charge in [-0.3, -0.25) is 4.79 Å². The lowest BCUT2D eigenvalue weighted by Gasteiger charge is -2.31. The summed E-state index contributed by atoms with van der Waals surface area (Å²) in [5.74, 6) is 1.03. The number of nitrogens with zero attached hydrogens (tertiary/aromatic N) is 1. The number of hydrogen-bond acceptors (Lipinski definition) is 4. The van der Waals surface area contributed by atoms with E-state index >= 15 is 0 Å². The van der Waals surface area contributed by atoms with Crippen LogP contribution in [-0.4, -0.2) is 25.1 Å². The molecule has 1 amide bonds. The number of anilines is 1. The van der Waals surface area contributed by atoms with Crippen molar-refractivity contribution >= 4 is 11.6 Å². The average Bonchev–Trinajstić information content (AvgIpc) is 3.18. The van der Waals surface area contributed by atoms with Crippen molar-refractivity contribution in [3.05, 3.63) is 59.7 Å². The summed E-state index contributed by atoms with van der Waals surface area (Å²) in [5.41, 5.74) is 9.97. The molecule has 2 heterocycles. The summed E-state index contributed by atoms with van der Waals surface area (Å²) in [6, 6.07) is 16.2. The number of nitrogens with one attached hydrogen (secondary N) is 2. The Balaban J connectivity index is 1.45. The summed E-state index contributed by atoms with van der Waals surface area (Å²) < 4.78 is 5.50. The molecule has 0 saturated carbocycles. The van der Waals surface area contributed by atoms with Gasteiger partial charge in [0.15, 0.2) is 0 Å². The number of rotatable bonds is 4. The maximum Gasteiger partial charge on any atom is 0.245 e. The van der Waals surface area contributed by atoms with E-state index in [-0.39, 0.29) is 18.0 Å². The summed E-state index contributed by atoms with van der Waals surface area (Å²) in [5, 5.41) is 0. The first-order valence-electron chi connectivity index (χ1n) is 9.39. The molecular weight excluding hydrogens is 326 g/mol. The Labute approximate surface area is 154 Å². The standard InChI is InChI=1S/C21H25N3O2/c1-2-26-17-11-9-15(10-12-17)18-14-19(23-22-18)21(25)24-13-5-7-16-6-3-4-8-20(16)24/h3-4,6,8-12,18-19,22-23H,2,5,7,13-14H2,1H3. The minimum Gasteiger partial charge on any atom is -0.494 e. The van der Waals surface area contributed by atoms with E-state index in [0.29, 0.717) is 6.61 Å². The third kappa shape index (κ3) is 3.32. The predicted molar refractivity (Wildman–Crippen MR) is 102 cm³/mol. The van der Waals surface area contributed by atoms with E-state index in [1.165, 1.54) is 5.56 Å². The Bertz CT molecular complexity index is 775. The van der Waals surface area contributed by atoms with Crippen LogP contribution in [0.4, 0.5) is 5.69 Å². The fourth-order valence-corrected chi connectivity index (χ4v) is 3.85. The van der Waals surface area contributed by atoms with Crippen LogP contribution in [0.5, 0.6) is 5.75 Å². The first-order valence-corrected chi connectivity index (χ1v) is 9.39. The van der Waals surface area contributed by atoms with Crippen molar-refractivity contribution < 1.29 is 9.53 Å². The van der Waals surface area contributed by atoms with Crippen molar-refractivity contribution in [2.24, 2.45) is 0 Å². The smallest absolute Gasteiger partial charge is 0.245 e. The number of para-hydroxylation sites is 1. The van der Waals surface area contributed by atoms with E-state index in [4.69, 9.17) is 4.74 Å². The molecule has 2 aromatic rings. The molecule has 2 unspecified atom stereocenters. The predicted octanol–water partition coefficient (Wildman–Crippen LogP) is 2.97. The van der Waals surface area contributed by atoms with Crippen LogP contribution in [0.1, 0.15) is 36.9 Å². The lowest BCUT2D eigenvalue weighted by atomic mass is 9.98. The van der Waals surface area contributed by atoms with Gasteiger partial charge in [-0.2, -0.15) is 0 Å². The summed E-state index contributed by atoms with van der Waals surface area (Å²) in [6.07, 6.45) is 2.81. The Hall–Kier alpha value is -2.37. The van der Waals surface area contributed by atoms with Crippen LogP contribution in [0.25, 0.3) is 0 Å². The molecule has 0 aliphatic carbocycles. The van der Waals surface area contributed by atoms with Crippen molar-refractivity contribution in [2.45, 2.75) is 38.3 Å². The minimum atomic E-state index is -0.210. The fourth-order valence-electron chi connectivity index (χ4n) is 3.85. The van der Waals surface area contributed by atoms with Gasteiger partial charge in [-0.15, -0.1) is 0 Å². The van der Waals surface area contributed by atoms with Gasteiger partial charge in [0.25, 0.3) is 0 Å². The van der Waals surface area contributed by atoms with Crippen molar-refractivity contribution in [1.82, 2.24) is 10.9 Å². The van der Waals surface area contributed by atoms with Gasteiger partial charge in [-0.25, -0.2) is 10.9 Å². The van der Waals surface area contributed by atoms with Gasteiger partial charge in [0.05, 0.1) is 6.61 Å². The van der Waals surface area contributed by atoms with E-state index in [2.05, 4.69) is 35.1 Å². The molecule has 2 aromatic carbocycles. The third-order valence-corrected chi connectivity index (χ3v) is 5.17. The highest BCUT2D eigenvalue weighted by Gasteiger charge is 2.34. The minimum absolute atomic E-state index is 0.125. The molecule has 1 saturated heterocycles. The lowest BCUT2D eigenvalue weighted by Crippen LogP contribution is -2.47. The second kappa shape index (κ2) is 7.48. The Morgan fingerprint density at radius 3 is 2.77 bits per heavy atom. The molecule has 4 rings (SSSR count). The fraction of sp³-hybridized carbons (Fsp3) is 0.381. The van der Waals surface area contributed by atoms with Gasteiger partial charge < -0.3 is 9.64 Å². The van der Waals surface area contributed by atoms with Crippen LogP contribution in [0.2, 0.25) is 0 Å². The number of benzene rings is 2. The monoisotopic (exact) mass is 351 g/mol. The number of fused-ring (bicyclic) bond motifs is 1. The molecule has 5 heteroatoms. The summed E-state index contributed by atoms with van der Waals surface area (Å²) in [4.78, 5) is 15.0. The number of aryl methyl sites for hydroxylation is 1. The topological polar surface area (TPSA) is 53.6 Å². The van der Waals surface area contributed by atoms with Crippen LogP contribution < -0.4 is 20.5 Å². The van der Waals surface area contributed by atoms with E-state index in [0.717, 1.165) is 42.8 Å². The second-order valence-electron chi connectivity index (χ2n) is 6.85. The zero-order chi connectivity index (χ0) is 17.9. The Morgan fingerprint density at radius 1 is 1.15 bits per heavy atom. The summed E-state index contributed by atoms with van der Waals surface area (Å²) in [6.45, 7) is 3.43. The molecule has 2 N–H and O–H groups in total. The molecule has 136 valence electrons. The molecule has 0 radical (unpaired) electrons. The normalized spacial score (nSPS) is 22.1. The molecule has 26 heavy (non-hydrogen) atoms. The van der Waals surface area contributed by atoms with Gasteiger partial charge in [-0.1, -0.05) is 30.3 Å². The van der Waals surface area contributed by atoms with Crippen molar-refractivity contribution in [3.8, 4) is 5.75 Å². The van der Waals surface area contributed by atoms with Crippen LogP contribution in [0.3, 0.4) is 0 Å². The largest absolute Gasteiger partial charge is 0.494 e. The zero-order valence-corrected chi connectivity index (χ0v) is 15.1. The van der Waals surface area contributed by atoms with Crippen LogP contribution >= 0.6 is 0 Å². The SMILES string of the molecule is CCOc1ccc(C2CC(C(=O)N3CCCc4ccccc43)NN2)cc1. The first-order chi connectivity index (χ1) is 12.8. The Kier molecular flexibility index (Phi) is 4.91. The molecule has 2 aliphatic rings. The van der Waals surface area contributed by atoms with Gasteiger partial charge >= 0.3 is 0 Å². The lowest BCUT2D eigenvalue weighted by molar-refractivity contribution is -0.120. The quantitative estimate of drug-likeness (QED) is 0.889. The molecule has 5 nitrogen and oxygen atoms in total. The van der Waals surface area contributed by atoms with Gasteiger partial charge in [0, 0.05) is 18.3 Å². The molecule has 2 atom stereocenters. The third-order valence-electron chi connectivity index (χ3n) is 5.17. The first kappa shape index (κ1) is 17.1. The van der Waals surface area contributed by atoms with Crippen LogP contribution in [0.15, 0.2) is 48.5 Å². The van der Waals surface area contributed by atoms with Gasteiger partial charge in [-0.05, 0) is 55.5 Å². The highest BCUT2D eigenvalue weighted by molar-refractivity contribution is 5.98. The average molecular weight is 351 g/mol. The molecule has 0 aromatic heterocycles. The van der Waals surface area contributed by atoms with Gasteiger partial charge in [0.2, 0.25) is 5.91 Å². The van der Waals surface area contributed by atoms with E-state index in [9.17, 15) is 4.79 Å². The molecular formula is C21H25N3O2. The summed E-state index contributed by atoms with van der Waals surface area (Å²) >= 11 is 0. The maximum absolute atomic E-state index is 13.1. The van der Waals surface area contributed by atoms with Crippen molar-refractivity contribution in [1.29, 1.82) is 0 Å². The van der Waals surface area contributed by atoms with Crippen LogP contribution in [-0.2, 0) is 11.2 Å². The van der Waals surface area contributed by atoms with E-state index in [1.54, 1.807) is 0 Å². The molecule has 0 spiro atoms. The number of amides is 1. The van der Waals surface area contributed by atoms with E-state index < -0.39 is 0 Å². The highest BCUT2D eigenvalue weighted by atomic mass is 16.5. The molecule has 1 fully saturated rings. The Morgan fingerprint density at radius 2 is 1.96 bits per heavy atom. The molecule has 0 bridgehead atoms.